The predicted octanol–water partition coefficient (Wildman–Crippen LogP) is 2.31. The first-order valence-electron chi connectivity index (χ1n) is 6.41. The lowest BCUT2D eigenvalue weighted by Gasteiger charge is -2.21. The van der Waals surface area contributed by atoms with Gasteiger partial charge in [-0.1, -0.05) is 20.3 Å². The van der Waals surface area contributed by atoms with Gasteiger partial charge in [-0.2, -0.15) is 0 Å². The maximum atomic E-state index is 5.07. The van der Waals surface area contributed by atoms with E-state index in [0.29, 0.717) is 0 Å². The molecule has 0 radical (unpaired) electrons. The molecule has 3 nitrogen and oxygen atoms in total. The van der Waals surface area contributed by atoms with Crippen molar-refractivity contribution in [2.45, 2.75) is 33.1 Å². The Morgan fingerprint density at radius 1 is 1.00 bits per heavy atom. The molecule has 1 N–H and O–H groups in total. The van der Waals surface area contributed by atoms with Crippen molar-refractivity contribution in [1.29, 1.82) is 0 Å². The summed E-state index contributed by atoms with van der Waals surface area (Å²) < 4.78 is 10.1. The second kappa shape index (κ2) is 11.4. The van der Waals surface area contributed by atoms with Gasteiger partial charge in [0.25, 0.3) is 0 Å². The minimum Gasteiger partial charge on any atom is -0.385 e. The van der Waals surface area contributed by atoms with Crippen molar-refractivity contribution in [3.05, 3.63) is 0 Å². The molecule has 0 saturated carbocycles. The van der Waals surface area contributed by atoms with Crippen LogP contribution in [0.15, 0.2) is 0 Å². The van der Waals surface area contributed by atoms with Gasteiger partial charge >= 0.3 is 0 Å². The Kier molecular flexibility index (Phi) is 11.3. The van der Waals surface area contributed by atoms with Crippen LogP contribution in [0.1, 0.15) is 33.1 Å². The molecule has 0 fully saturated rings. The van der Waals surface area contributed by atoms with Gasteiger partial charge in [-0.3, -0.25) is 0 Å². The van der Waals surface area contributed by atoms with Gasteiger partial charge in [0.05, 0.1) is 6.61 Å². The zero-order valence-corrected chi connectivity index (χ0v) is 11.4. The molecule has 98 valence electrons. The summed E-state index contributed by atoms with van der Waals surface area (Å²) in [4.78, 5) is 0. The highest BCUT2D eigenvalue weighted by Crippen LogP contribution is 2.17. The predicted molar refractivity (Wildman–Crippen MR) is 68.8 cm³/mol. The average Bonchev–Trinajstić information content (AvgIpc) is 2.26. The first-order chi connectivity index (χ1) is 7.72. The Balaban J connectivity index is 3.54. The maximum absolute atomic E-state index is 5.07. The summed E-state index contributed by atoms with van der Waals surface area (Å²) >= 11 is 0. The summed E-state index contributed by atoms with van der Waals surface area (Å²) in [6, 6.07) is 0. The molecule has 0 rings (SSSR count). The second-order valence-electron chi connectivity index (χ2n) is 4.69. The van der Waals surface area contributed by atoms with Crippen LogP contribution in [-0.2, 0) is 9.47 Å². The van der Waals surface area contributed by atoms with E-state index in [2.05, 4.69) is 19.2 Å². The van der Waals surface area contributed by atoms with Crippen molar-refractivity contribution in [3.8, 4) is 0 Å². The van der Waals surface area contributed by atoms with E-state index in [0.717, 1.165) is 38.1 Å². The summed E-state index contributed by atoms with van der Waals surface area (Å²) in [6.45, 7) is 8.36. The number of rotatable bonds is 11. The van der Waals surface area contributed by atoms with E-state index in [-0.39, 0.29) is 0 Å². The summed E-state index contributed by atoms with van der Waals surface area (Å²) in [5.74, 6) is 1.52. The molecule has 0 bridgehead atoms. The standard InChI is InChI=1S/C13H29NO2/c1-12(2)13(7-5-6-9-15-3)11-14-8-10-16-4/h12-14H,5-11H2,1-4H3. The number of ether oxygens (including phenoxy) is 2. The molecule has 0 aliphatic heterocycles. The zero-order valence-electron chi connectivity index (χ0n) is 11.4. The van der Waals surface area contributed by atoms with E-state index >= 15 is 0 Å². The smallest absolute Gasteiger partial charge is 0.0587 e. The molecule has 16 heavy (non-hydrogen) atoms. The van der Waals surface area contributed by atoms with E-state index in [1.54, 1.807) is 14.2 Å². The Bertz CT molecular complexity index is 128. The van der Waals surface area contributed by atoms with Gasteiger partial charge < -0.3 is 14.8 Å². The van der Waals surface area contributed by atoms with Crippen molar-refractivity contribution in [2.24, 2.45) is 11.8 Å². The van der Waals surface area contributed by atoms with Crippen LogP contribution in [0.2, 0.25) is 0 Å². The van der Waals surface area contributed by atoms with E-state index in [9.17, 15) is 0 Å². The molecule has 0 heterocycles. The third-order valence-corrected chi connectivity index (χ3v) is 3.01. The van der Waals surface area contributed by atoms with Crippen LogP contribution in [0.5, 0.6) is 0 Å². The van der Waals surface area contributed by atoms with Gasteiger partial charge in [-0.25, -0.2) is 0 Å². The van der Waals surface area contributed by atoms with Crippen LogP contribution in [0.4, 0.5) is 0 Å². The van der Waals surface area contributed by atoms with Crippen LogP contribution in [0, 0.1) is 11.8 Å². The molecule has 3 heteroatoms. The van der Waals surface area contributed by atoms with Crippen LogP contribution < -0.4 is 5.32 Å². The largest absolute Gasteiger partial charge is 0.385 e. The van der Waals surface area contributed by atoms with Crippen molar-refractivity contribution >= 4 is 0 Å². The second-order valence-corrected chi connectivity index (χ2v) is 4.69. The fourth-order valence-electron chi connectivity index (χ4n) is 1.79. The number of unbranched alkanes of at least 4 members (excludes halogenated alkanes) is 1. The highest BCUT2D eigenvalue weighted by Gasteiger charge is 2.12. The third kappa shape index (κ3) is 9.13. The Morgan fingerprint density at radius 2 is 1.69 bits per heavy atom. The van der Waals surface area contributed by atoms with E-state index in [4.69, 9.17) is 9.47 Å². The Hall–Kier alpha value is -0.120. The van der Waals surface area contributed by atoms with Gasteiger partial charge in [0.15, 0.2) is 0 Å². The third-order valence-electron chi connectivity index (χ3n) is 3.01. The van der Waals surface area contributed by atoms with Gasteiger partial charge in [-0.05, 0) is 31.2 Å². The first-order valence-corrected chi connectivity index (χ1v) is 6.41. The molecular formula is C13H29NO2. The van der Waals surface area contributed by atoms with Crippen LogP contribution >= 0.6 is 0 Å². The molecule has 0 aromatic heterocycles. The quantitative estimate of drug-likeness (QED) is 0.554. The van der Waals surface area contributed by atoms with Crippen LogP contribution in [-0.4, -0.2) is 40.5 Å². The van der Waals surface area contributed by atoms with Gasteiger partial charge in [-0.15, -0.1) is 0 Å². The monoisotopic (exact) mass is 231 g/mol. The van der Waals surface area contributed by atoms with Gasteiger partial charge in [0.1, 0.15) is 0 Å². The van der Waals surface area contributed by atoms with Crippen molar-refractivity contribution in [1.82, 2.24) is 5.32 Å². The SMILES string of the molecule is COCCCCC(CNCCOC)C(C)C. The molecular weight excluding hydrogens is 202 g/mol. The number of methoxy groups -OCH3 is 2. The van der Waals surface area contributed by atoms with Crippen LogP contribution in [0.25, 0.3) is 0 Å². The average molecular weight is 231 g/mol. The van der Waals surface area contributed by atoms with Crippen molar-refractivity contribution < 1.29 is 9.47 Å². The minimum atomic E-state index is 0.748. The van der Waals surface area contributed by atoms with Gasteiger partial charge in [0, 0.05) is 27.4 Å². The number of hydrogen-bond acceptors (Lipinski definition) is 3. The summed E-state index contributed by atoms with van der Waals surface area (Å²) in [6.07, 6.45) is 3.74. The van der Waals surface area contributed by atoms with Gasteiger partial charge in [0.2, 0.25) is 0 Å². The Morgan fingerprint density at radius 3 is 2.25 bits per heavy atom. The van der Waals surface area contributed by atoms with Crippen LogP contribution in [0.3, 0.4) is 0 Å². The lowest BCUT2D eigenvalue weighted by molar-refractivity contribution is 0.185. The molecule has 1 unspecified atom stereocenters. The number of nitrogens with one attached hydrogen (secondary N) is 1. The molecule has 0 saturated heterocycles. The molecule has 0 aromatic carbocycles. The molecule has 0 aliphatic carbocycles. The lowest BCUT2D eigenvalue weighted by Crippen LogP contribution is -2.28. The van der Waals surface area contributed by atoms with E-state index in [1.807, 2.05) is 0 Å². The van der Waals surface area contributed by atoms with Crippen molar-refractivity contribution in [3.63, 3.8) is 0 Å². The first kappa shape index (κ1) is 15.9. The van der Waals surface area contributed by atoms with E-state index in [1.165, 1.54) is 19.3 Å². The fraction of sp³-hybridized carbons (Fsp3) is 1.00. The minimum absolute atomic E-state index is 0.748. The maximum Gasteiger partial charge on any atom is 0.0587 e. The zero-order chi connectivity index (χ0) is 12.2. The van der Waals surface area contributed by atoms with Crippen molar-refractivity contribution in [2.75, 3.05) is 40.5 Å². The number of hydrogen-bond donors (Lipinski definition) is 1. The molecule has 1 atom stereocenters. The summed E-state index contributed by atoms with van der Waals surface area (Å²) in [5.41, 5.74) is 0. The van der Waals surface area contributed by atoms with E-state index < -0.39 is 0 Å². The fourth-order valence-corrected chi connectivity index (χ4v) is 1.79. The normalized spacial score (nSPS) is 13.3. The summed E-state index contributed by atoms with van der Waals surface area (Å²) in [7, 11) is 3.51. The lowest BCUT2D eigenvalue weighted by atomic mass is 9.90. The molecule has 0 amide bonds. The highest BCUT2D eigenvalue weighted by molar-refractivity contribution is 4.66. The molecule has 0 aromatic rings. The highest BCUT2D eigenvalue weighted by atomic mass is 16.5. The summed E-state index contributed by atoms with van der Waals surface area (Å²) in [5, 5.41) is 3.45. The Labute approximate surface area is 101 Å². The molecule has 0 aliphatic rings. The topological polar surface area (TPSA) is 30.5 Å². The molecule has 0 spiro atoms.